The molecule has 6 nitrogen and oxygen atoms in total. The van der Waals surface area contributed by atoms with Crippen LogP contribution in [0.15, 0.2) is 47.4 Å². The number of aromatic nitrogens is 3. The minimum Gasteiger partial charge on any atom is -0.372 e. The van der Waals surface area contributed by atoms with Gasteiger partial charge in [-0.15, -0.1) is 0 Å². The Bertz CT molecular complexity index is 1200. The maximum Gasteiger partial charge on any atom is 0.252 e. The molecular weight excluding hydrogens is 422 g/mol. The second kappa shape index (κ2) is 9.40. The first-order valence-electron chi connectivity index (χ1n) is 13.2. The minimum atomic E-state index is 0.0577. The Morgan fingerprint density at radius 1 is 0.824 bits per heavy atom. The molecule has 6 heteroatoms. The third kappa shape index (κ3) is 4.30. The van der Waals surface area contributed by atoms with Gasteiger partial charge >= 0.3 is 0 Å². The number of fused-ring (bicyclic) bond motifs is 2. The van der Waals surface area contributed by atoms with Crippen LogP contribution in [0.3, 0.4) is 0 Å². The third-order valence-corrected chi connectivity index (χ3v) is 8.39. The summed E-state index contributed by atoms with van der Waals surface area (Å²) in [6, 6.07) is 12.3. The molecule has 178 valence electrons. The number of piperidine rings is 1. The lowest BCUT2D eigenvalue weighted by atomic mass is 9.69. The quantitative estimate of drug-likeness (QED) is 0.516. The Morgan fingerprint density at radius 3 is 2.44 bits per heavy atom. The Labute approximate surface area is 201 Å². The second-order valence-corrected chi connectivity index (χ2v) is 10.5. The van der Waals surface area contributed by atoms with Gasteiger partial charge in [0.2, 0.25) is 5.95 Å². The van der Waals surface area contributed by atoms with E-state index in [1.807, 2.05) is 16.8 Å². The molecule has 2 aliphatic carbocycles. The molecule has 0 bridgehead atoms. The van der Waals surface area contributed by atoms with Gasteiger partial charge in [0.1, 0.15) is 5.65 Å². The molecule has 1 N–H and O–H groups in total. The lowest BCUT2D eigenvalue weighted by Crippen LogP contribution is -2.33. The van der Waals surface area contributed by atoms with E-state index in [1.54, 1.807) is 6.07 Å². The van der Waals surface area contributed by atoms with Gasteiger partial charge in [0.05, 0.1) is 0 Å². The number of hydrogen-bond acceptors (Lipinski definition) is 5. The summed E-state index contributed by atoms with van der Waals surface area (Å²) >= 11 is 0. The Morgan fingerprint density at radius 2 is 1.62 bits per heavy atom. The second-order valence-electron chi connectivity index (χ2n) is 10.5. The van der Waals surface area contributed by atoms with Gasteiger partial charge in [0, 0.05) is 48.2 Å². The average molecular weight is 458 g/mol. The molecule has 0 spiro atoms. The molecule has 1 aromatic carbocycles. The van der Waals surface area contributed by atoms with E-state index in [9.17, 15) is 4.79 Å². The van der Waals surface area contributed by atoms with Crippen molar-refractivity contribution in [3.05, 3.63) is 52.9 Å². The smallest absolute Gasteiger partial charge is 0.252 e. The van der Waals surface area contributed by atoms with Crippen LogP contribution in [-0.2, 0) is 0 Å². The van der Waals surface area contributed by atoms with Gasteiger partial charge in [-0.25, -0.2) is 4.98 Å². The summed E-state index contributed by atoms with van der Waals surface area (Å²) in [4.78, 5) is 24.9. The lowest BCUT2D eigenvalue weighted by molar-refractivity contribution is 0.133. The van der Waals surface area contributed by atoms with Crippen LogP contribution in [-0.4, -0.2) is 27.6 Å². The van der Waals surface area contributed by atoms with Gasteiger partial charge in [-0.2, -0.15) is 4.98 Å². The molecule has 2 saturated carbocycles. The van der Waals surface area contributed by atoms with Gasteiger partial charge in [0.25, 0.3) is 5.56 Å². The van der Waals surface area contributed by atoms with E-state index in [0.29, 0.717) is 5.95 Å². The van der Waals surface area contributed by atoms with Crippen molar-refractivity contribution in [3.63, 3.8) is 0 Å². The summed E-state index contributed by atoms with van der Waals surface area (Å²) in [6.45, 7) is 2.28. The molecule has 3 fully saturated rings. The number of benzene rings is 1. The first-order valence-corrected chi connectivity index (χ1v) is 13.2. The Hall–Kier alpha value is -2.89. The number of anilines is 3. The predicted molar refractivity (Wildman–Crippen MR) is 138 cm³/mol. The van der Waals surface area contributed by atoms with E-state index >= 15 is 0 Å². The molecular formula is C28H35N5O. The van der Waals surface area contributed by atoms with Crippen molar-refractivity contribution in [2.24, 2.45) is 11.8 Å². The number of hydrogen-bond donors (Lipinski definition) is 1. The van der Waals surface area contributed by atoms with Gasteiger partial charge in [-0.3, -0.25) is 9.36 Å². The first kappa shape index (κ1) is 21.6. The highest BCUT2D eigenvalue weighted by Gasteiger charge is 2.33. The molecule has 1 saturated heterocycles. The van der Waals surface area contributed by atoms with E-state index < -0.39 is 0 Å². The molecule has 3 atom stereocenters. The lowest BCUT2D eigenvalue weighted by Gasteiger charge is -2.40. The molecule has 6 rings (SSSR count). The highest BCUT2D eigenvalue weighted by Crippen LogP contribution is 2.44. The standard InChI is InChI=1S/C28H35N5O/c34-26-15-9-22-19-29-28(30-23-10-13-24(14-11-23)32-16-4-1-5-17-32)31-27(22)33(26)25-12-8-20-6-2-3-7-21(20)18-25/h9-11,13-15,19-21,25H,1-8,12,16-18H2,(H,29,30,31). The molecule has 3 aromatic rings. The van der Waals surface area contributed by atoms with Crippen molar-refractivity contribution in [1.29, 1.82) is 0 Å². The van der Waals surface area contributed by atoms with E-state index in [-0.39, 0.29) is 11.6 Å². The van der Waals surface area contributed by atoms with Crippen LogP contribution in [0.1, 0.15) is 70.3 Å². The van der Waals surface area contributed by atoms with Crippen molar-refractivity contribution >= 4 is 28.4 Å². The van der Waals surface area contributed by atoms with Crippen molar-refractivity contribution in [3.8, 4) is 0 Å². The molecule has 1 aliphatic heterocycles. The SMILES string of the molecule is O=c1ccc2cnc(Nc3ccc(N4CCCCC4)cc3)nc2n1C1CCC2CCCCC2C1. The van der Waals surface area contributed by atoms with Gasteiger partial charge in [-0.05, 0) is 80.7 Å². The summed E-state index contributed by atoms with van der Waals surface area (Å²) in [6.07, 6.45) is 14.5. The molecule has 0 radical (unpaired) electrons. The highest BCUT2D eigenvalue weighted by atomic mass is 16.1. The fraction of sp³-hybridized carbons (Fsp3) is 0.536. The summed E-state index contributed by atoms with van der Waals surface area (Å²) in [5.74, 6) is 2.16. The predicted octanol–water partition coefficient (Wildman–Crippen LogP) is 6.06. The topological polar surface area (TPSA) is 63.1 Å². The maximum atomic E-state index is 13.0. The van der Waals surface area contributed by atoms with Gasteiger partial charge in [0.15, 0.2) is 0 Å². The third-order valence-electron chi connectivity index (χ3n) is 8.39. The number of nitrogens with zero attached hydrogens (tertiary/aromatic N) is 4. The Kier molecular flexibility index (Phi) is 5.98. The van der Waals surface area contributed by atoms with E-state index in [2.05, 4.69) is 39.5 Å². The van der Waals surface area contributed by atoms with Gasteiger partial charge in [-0.1, -0.05) is 25.7 Å². The Balaban J connectivity index is 1.25. The summed E-state index contributed by atoms with van der Waals surface area (Å²) in [7, 11) is 0. The van der Waals surface area contributed by atoms with Gasteiger partial charge < -0.3 is 10.2 Å². The summed E-state index contributed by atoms with van der Waals surface area (Å²) in [5, 5.41) is 4.29. The summed E-state index contributed by atoms with van der Waals surface area (Å²) in [5.41, 5.74) is 3.06. The normalized spacial score (nSPS) is 25.2. The molecule has 3 unspecified atom stereocenters. The maximum absolute atomic E-state index is 13.0. The fourth-order valence-electron chi connectivity index (χ4n) is 6.57. The molecule has 0 amide bonds. The van der Waals surface area contributed by atoms with Crippen LogP contribution >= 0.6 is 0 Å². The van der Waals surface area contributed by atoms with Crippen LogP contribution in [0, 0.1) is 11.8 Å². The largest absolute Gasteiger partial charge is 0.372 e. The van der Waals surface area contributed by atoms with Crippen LogP contribution in [0.25, 0.3) is 11.0 Å². The van der Waals surface area contributed by atoms with E-state index in [4.69, 9.17) is 4.98 Å². The van der Waals surface area contributed by atoms with E-state index in [0.717, 1.165) is 54.5 Å². The average Bonchev–Trinajstić information content (AvgIpc) is 2.89. The van der Waals surface area contributed by atoms with Crippen LogP contribution in [0.5, 0.6) is 0 Å². The zero-order valence-electron chi connectivity index (χ0n) is 20.0. The zero-order chi connectivity index (χ0) is 22.9. The van der Waals surface area contributed by atoms with Crippen LogP contribution < -0.4 is 15.8 Å². The first-order chi connectivity index (χ1) is 16.7. The summed E-state index contributed by atoms with van der Waals surface area (Å²) < 4.78 is 1.96. The van der Waals surface area contributed by atoms with Crippen molar-refractivity contribution in [2.75, 3.05) is 23.3 Å². The van der Waals surface area contributed by atoms with Crippen molar-refractivity contribution < 1.29 is 0 Å². The highest BCUT2D eigenvalue weighted by molar-refractivity contribution is 5.76. The zero-order valence-corrected chi connectivity index (χ0v) is 20.0. The van der Waals surface area contributed by atoms with Crippen molar-refractivity contribution in [2.45, 2.75) is 70.3 Å². The molecule has 2 aromatic heterocycles. The van der Waals surface area contributed by atoms with Crippen LogP contribution in [0.2, 0.25) is 0 Å². The minimum absolute atomic E-state index is 0.0577. The van der Waals surface area contributed by atoms with Crippen LogP contribution in [0.4, 0.5) is 17.3 Å². The monoisotopic (exact) mass is 457 g/mol. The van der Waals surface area contributed by atoms with Crippen molar-refractivity contribution in [1.82, 2.24) is 14.5 Å². The number of pyridine rings is 1. The van der Waals surface area contributed by atoms with E-state index in [1.165, 1.54) is 57.1 Å². The number of rotatable bonds is 4. The fourth-order valence-corrected chi connectivity index (χ4v) is 6.57. The molecule has 3 aliphatic rings. The number of nitrogens with one attached hydrogen (secondary N) is 1. The molecule has 34 heavy (non-hydrogen) atoms. The molecule has 3 heterocycles.